The van der Waals surface area contributed by atoms with Crippen LogP contribution in [0.2, 0.25) is 0 Å². The van der Waals surface area contributed by atoms with Crippen molar-refractivity contribution in [3.8, 4) is 0 Å². The quantitative estimate of drug-likeness (QED) is 0.0799. The van der Waals surface area contributed by atoms with Crippen LogP contribution in [-0.4, -0.2) is 146 Å². The molecule has 2 heterocycles. The molecular formula is C41H71NO13. The summed E-state index contributed by atoms with van der Waals surface area (Å²) in [7, 11) is 0. The molecule has 0 bridgehead atoms. The highest BCUT2D eigenvalue weighted by Crippen LogP contribution is 2.75. The van der Waals surface area contributed by atoms with Gasteiger partial charge >= 0.3 is 0 Å². The molecule has 2 saturated heterocycles. The minimum Gasteiger partial charge on any atom is -0.394 e. The van der Waals surface area contributed by atoms with E-state index in [9.17, 15) is 46.0 Å². The molecule has 318 valence electrons. The molecule has 18 atom stereocenters. The first-order valence-electron chi connectivity index (χ1n) is 20.7. The van der Waals surface area contributed by atoms with Crippen LogP contribution in [0.1, 0.15) is 99.8 Å². The third-order valence-electron chi connectivity index (χ3n) is 16.2. The highest BCUT2D eigenvalue weighted by molar-refractivity contribution is 5.22. The van der Waals surface area contributed by atoms with Gasteiger partial charge < -0.3 is 64.9 Å². The van der Waals surface area contributed by atoms with Crippen molar-refractivity contribution in [3.63, 3.8) is 0 Å². The molecule has 0 aromatic rings. The van der Waals surface area contributed by atoms with Gasteiger partial charge in [0.2, 0.25) is 0 Å². The zero-order valence-corrected chi connectivity index (χ0v) is 33.9. The highest BCUT2D eigenvalue weighted by atomic mass is 16.8. The van der Waals surface area contributed by atoms with Gasteiger partial charge in [0.15, 0.2) is 12.6 Å². The lowest BCUT2D eigenvalue weighted by atomic mass is 9.35. The molecule has 0 amide bonds. The number of aliphatic hydroxyl groups is 9. The Labute approximate surface area is 326 Å². The summed E-state index contributed by atoms with van der Waals surface area (Å²) in [4.78, 5) is 0. The molecule has 10 N–H and O–H groups in total. The molecule has 0 unspecified atom stereocenters. The smallest absolute Gasteiger partial charge is 0.187 e. The number of fused-ring (bicyclic) bond motifs is 5. The van der Waals surface area contributed by atoms with E-state index in [0.29, 0.717) is 30.7 Å². The standard InChI is InChI=1S/C41H71NO13/c1-37(2)26-11-16-41(7)27(9-8-23-22(10-15-40(23,41)6)21(18-43)13-17-42-38(3,4)51)39(26,5)14-12-28(37)54-36-34(32(49)30(47)25(20-45)53-36)55-35-33(50)31(48)29(46)24(19-44)52-35/h13,22-36,42-51H,8-12,14-20H2,1-7H3/b21-13+/t22-,23-,24-,25-,26+,27-,28+,29-,30-,31+,32+,33-,34-,35+,36+,39+,40-,41-/m1/s1. The predicted molar refractivity (Wildman–Crippen MR) is 200 cm³/mol. The molecule has 55 heavy (non-hydrogen) atoms. The lowest BCUT2D eigenvalue weighted by molar-refractivity contribution is -0.378. The van der Waals surface area contributed by atoms with Gasteiger partial charge in [-0.2, -0.15) is 0 Å². The van der Waals surface area contributed by atoms with Crippen LogP contribution in [0.5, 0.6) is 0 Å². The summed E-state index contributed by atoms with van der Waals surface area (Å²) in [5.74, 6) is 1.54. The Hall–Kier alpha value is -0.820. The lowest BCUT2D eigenvalue weighted by Crippen LogP contribution is -2.66. The first-order valence-corrected chi connectivity index (χ1v) is 20.7. The van der Waals surface area contributed by atoms with Gasteiger partial charge in [0, 0.05) is 6.54 Å². The van der Waals surface area contributed by atoms with Crippen molar-refractivity contribution in [2.75, 3.05) is 26.4 Å². The van der Waals surface area contributed by atoms with Gasteiger partial charge in [0.1, 0.15) is 54.6 Å². The Kier molecular flexibility index (Phi) is 12.7. The summed E-state index contributed by atoms with van der Waals surface area (Å²) in [5.41, 5.74) is -0.0693. The second-order valence-electron chi connectivity index (χ2n) is 19.7. The molecule has 0 aromatic carbocycles. The average Bonchev–Trinajstić information content (AvgIpc) is 3.48. The number of ether oxygens (including phenoxy) is 4. The van der Waals surface area contributed by atoms with Crippen molar-refractivity contribution < 1.29 is 64.9 Å². The molecule has 14 heteroatoms. The van der Waals surface area contributed by atoms with Gasteiger partial charge in [0.25, 0.3) is 0 Å². The Morgan fingerprint density at radius 1 is 0.709 bits per heavy atom. The van der Waals surface area contributed by atoms with E-state index in [2.05, 4.69) is 46.0 Å². The monoisotopic (exact) mass is 785 g/mol. The van der Waals surface area contributed by atoms with E-state index < -0.39 is 80.4 Å². The maximum atomic E-state index is 11.3. The Morgan fingerprint density at radius 3 is 1.95 bits per heavy atom. The largest absolute Gasteiger partial charge is 0.394 e. The highest BCUT2D eigenvalue weighted by Gasteiger charge is 2.69. The molecule has 4 aliphatic carbocycles. The van der Waals surface area contributed by atoms with E-state index in [1.165, 1.54) is 0 Å². The van der Waals surface area contributed by atoms with Crippen molar-refractivity contribution in [1.82, 2.24) is 5.32 Å². The fourth-order valence-electron chi connectivity index (χ4n) is 13.0. The average molecular weight is 786 g/mol. The fraction of sp³-hybridized carbons (Fsp3) is 0.951. The van der Waals surface area contributed by atoms with E-state index in [4.69, 9.17) is 18.9 Å². The van der Waals surface area contributed by atoms with Gasteiger partial charge in [0.05, 0.1) is 25.9 Å². The third kappa shape index (κ3) is 7.51. The van der Waals surface area contributed by atoms with Crippen LogP contribution in [0.4, 0.5) is 0 Å². The van der Waals surface area contributed by atoms with E-state index in [0.717, 1.165) is 50.5 Å². The van der Waals surface area contributed by atoms with Crippen LogP contribution in [0, 0.1) is 45.3 Å². The molecule has 4 saturated carbocycles. The van der Waals surface area contributed by atoms with E-state index in [-0.39, 0.29) is 40.3 Å². The van der Waals surface area contributed by atoms with Crippen molar-refractivity contribution >= 4 is 0 Å². The van der Waals surface area contributed by atoms with Gasteiger partial charge in [-0.1, -0.05) is 40.7 Å². The van der Waals surface area contributed by atoms with E-state index in [1.54, 1.807) is 13.8 Å². The maximum Gasteiger partial charge on any atom is 0.187 e. The number of hydrogen-bond donors (Lipinski definition) is 10. The van der Waals surface area contributed by atoms with Gasteiger partial charge in [-0.15, -0.1) is 0 Å². The van der Waals surface area contributed by atoms with Gasteiger partial charge in [-0.3, -0.25) is 5.32 Å². The number of hydrogen-bond acceptors (Lipinski definition) is 14. The molecular weight excluding hydrogens is 714 g/mol. The molecule has 6 rings (SSSR count). The molecule has 2 aliphatic heterocycles. The second kappa shape index (κ2) is 16.0. The third-order valence-corrected chi connectivity index (χ3v) is 16.2. The SMILES string of the molecule is CC(C)(O)NC/C=C(\CO)[C@H]1CC[C@]2(C)[C@@H]1CC[C@@H]1[C@@]3(C)CC[C@H](O[C@@H]4O[C@H](CO)[C@@H](O)[C@H](O)[C@H]4O[C@@H]4O[C@H](CO)[C@@H](O)[C@H](O)[C@H]4O)C(C)(C)[C@@H]3CC[C@]12C. The molecule has 0 aromatic heterocycles. The number of rotatable bonds is 11. The van der Waals surface area contributed by atoms with E-state index >= 15 is 0 Å². The molecule has 14 nitrogen and oxygen atoms in total. The van der Waals surface area contributed by atoms with Crippen molar-refractivity contribution in [2.24, 2.45) is 45.3 Å². The van der Waals surface area contributed by atoms with Crippen LogP contribution < -0.4 is 5.32 Å². The summed E-state index contributed by atoms with van der Waals surface area (Å²) >= 11 is 0. The molecule has 6 fully saturated rings. The topological polar surface area (TPSA) is 231 Å². The van der Waals surface area contributed by atoms with Crippen LogP contribution in [-0.2, 0) is 18.9 Å². The first-order chi connectivity index (χ1) is 25.7. The predicted octanol–water partition coefficient (Wildman–Crippen LogP) is 0.918. The van der Waals surface area contributed by atoms with Crippen molar-refractivity contribution in [2.45, 2.75) is 173 Å². The number of aliphatic hydroxyl groups excluding tert-OH is 8. The Balaban J connectivity index is 1.20. The lowest BCUT2D eigenvalue weighted by Gasteiger charge is -2.70. The zero-order valence-electron chi connectivity index (χ0n) is 33.9. The maximum absolute atomic E-state index is 11.3. The molecule has 0 radical (unpaired) electrons. The fourth-order valence-corrected chi connectivity index (χ4v) is 13.0. The van der Waals surface area contributed by atoms with Crippen LogP contribution in [0.3, 0.4) is 0 Å². The van der Waals surface area contributed by atoms with Crippen LogP contribution >= 0.6 is 0 Å². The Morgan fingerprint density at radius 2 is 1.33 bits per heavy atom. The number of nitrogens with one attached hydrogen (secondary N) is 1. The van der Waals surface area contributed by atoms with Crippen LogP contribution in [0.15, 0.2) is 11.6 Å². The van der Waals surface area contributed by atoms with Gasteiger partial charge in [-0.05, 0) is 116 Å². The molecule has 0 spiro atoms. The summed E-state index contributed by atoms with van der Waals surface area (Å²) in [6.07, 6.45) is -5.21. The second-order valence-corrected chi connectivity index (χ2v) is 19.7. The van der Waals surface area contributed by atoms with Crippen molar-refractivity contribution in [3.05, 3.63) is 11.6 Å². The molecule has 6 aliphatic rings. The Bertz CT molecular complexity index is 1360. The van der Waals surface area contributed by atoms with Crippen molar-refractivity contribution in [1.29, 1.82) is 0 Å². The minimum absolute atomic E-state index is 0.0116. The normalized spacial score (nSPS) is 50.3. The van der Waals surface area contributed by atoms with Gasteiger partial charge in [-0.25, -0.2) is 0 Å². The summed E-state index contributed by atoms with van der Waals surface area (Å²) in [6.45, 7) is 14.7. The zero-order chi connectivity index (χ0) is 40.5. The first kappa shape index (κ1) is 43.8. The summed E-state index contributed by atoms with van der Waals surface area (Å²) in [6, 6.07) is 0. The summed E-state index contributed by atoms with van der Waals surface area (Å²) in [5, 5.41) is 97.1. The minimum atomic E-state index is -1.74. The summed E-state index contributed by atoms with van der Waals surface area (Å²) < 4.78 is 24.4. The van der Waals surface area contributed by atoms with E-state index in [1.807, 2.05) is 0 Å². The van der Waals surface area contributed by atoms with Crippen LogP contribution in [0.25, 0.3) is 0 Å².